The number of carbonyl (C=O) groups excluding carboxylic acids is 1. The van der Waals surface area contributed by atoms with Gasteiger partial charge in [0.15, 0.2) is 5.78 Å². The second-order valence-corrected chi connectivity index (χ2v) is 5.46. The fourth-order valence-electron chi connectivity index (χ4n) is 2.38. The van der Waals surface area contributed by atoms with Crippen LogP contribution in [-0.4, -0.2) is 28.6 Å². The summed E-state index contributed by atoms with van der Waals surface area (Å²) in [5.41, 5.74) is 1.40. The van der Waals surface area contributed by atoms with Crippen molar-refractivity contribution in [1.29, 1.82) is 0 Å². The highest BCUT2D eigenvalue weighted by Gasteiger charge is 2.19. The minimum atomic E-state index is -0.558. The molecule has 23 heavy (non-hydrogen) atoms. The maximum absolute atomic E-state index is 12.0. The summed E-state index contributed by atoms with van der Waals surface area (Å²) < 4.78 is 0. The van der Waals surface area contributed by atoms with Crippen LogP contribution in [0.5, 0.6) is 5.75 Å². The van der Waals surface area contributed by atoms with Crippen molar-refractivity contribution in [1.82, 2.24) is 0 Å². The van der Waals surface area contributed by atoms with E-state index in [0.29, 0.717) is 18.5 Å². The zero-order valence-corrected chi connectivity index (χ0v) is 13.8. The Morgan fingerprint density at radius 1 is 1.13 bits per heavy atom. The summed E-state index contributed by atoms with van der Waals surface area (Å²) >= 11 is 0. The topological polar surface area (TPSA) is 74.1 Å². The predicted octanol–water partition coefficient (Wildman–Crippen LogP) is -1.35. The number of hydrogen-bond donors (Lipinski definition) is 3. The van der Waals surface area contributed by atoms with Crippen molar-refractivity contribution in [3.8, 4) is 5.75 Å². The largest absolute Gasteiger partial charge is 1.00 e. The Balaban J connectivity index is 0.00000264. The number of aromatic hydroxyl groups is 1. The van der Waals surface area contributed by atoms with Gasteiger partial charge >= 0.3 is 0 Å². The van der Waals surface area contributed by atoms with E-state index in [-0.39, 0.29) is 30.0 Å². The van der Waals surface area contributed by atoms with Crippen LogP contribution in [0.1, 0.15) is 35.4 Å². The number of phenolic OH excluding ortho intramolecular Hbond substituents is 1. The second-order valence-electron chi connectivity index (χ2n) is 5.46. The molecule has 0 bridgehead atoms. The number of halogens is 1. The molecule has 0 spiro atoms. The van der Waals surface area contributed by atoms with Gasteiger partial charge in [0, 0.05) is 5.56 Å². The Labute approximate surface area is 142 Å². The molecular formula is C18H22ClNO3. The van der Waals surface area contributed by atoms with Crippen molar-refractivity contribution < 1.29 is 32.7 Å². The van der Waals surface area contributed by atoms with Crippen LogP contribution >= 0.6 is 0 Å². The summed E-state index contributed by atoms with van der Waals surface area (Å²) in [6, 6.07) is 15.9. The van der Waals surface area contributed by atoms with Crippen LogP contribution in [0.4, 0.5) is 0 Å². The van der Waals surface area contributed by atoms with Crippen molar-refractivity contribution >= 4 is 5.78 Å². The van der Waals surface area contributed by atoms with Crippen molar-refractivity contribution in [3.63, 3.8) is 0 Å². The van der Waals surface area contributed by atoms with E-state index in [2.05, 4.69) is 0 Å². The van der Waals surface area contributed by atoms with Gasteiger partial charge in [0.05, 0.1) is 13.0 Å². The summed E-state index contributed by atoms with van der Waals surface area (Å²) in [7, 11) is 0. The minimum absolute atomic E-state index is 0. The molecule has 2 aromatic carbocycles. The smallest absolute Gasteiger partial charge is 0.168 e. The Morgan fingerprint density at radius 2 is 1.83 bits per heavy atom. The molecule has 4 nitrogen and oxygen atoms in total. The number of aliphatic hydroxyl groups is 1. The lowest BCUT2D eigenvalue weighted by Crippen LogP contribution is -3.00. The standard InChI is InChI=1S/C18H21NO3.ClH/c1-13(18(22)14-6-3-2-4-7-14)19-11-10-17(21)15-8-5-9-16(20)12-15;/h2-9,12-13,18-20,22H,10-11H2,1H3;1H. The Bertz CT molecular complexity index is 619. The van der Waals surface area contributed by atoms with E-state index in [0.717, 1.165) is 5.56 Å². The van der Waals surface area contributed by atoms with Crippen molar-refractivity contribution in [2.45, 2.75) is 25.5 Å². The molecule has 2 atom stereocenters. The first-order valence-corrected chi connectivity index (χ1v) is 7.46. The predicted molar refractivity (Wildman–Crippen MR) is 84.7 cm³/mol. The van der Waals surface area contributed by atoms with Gasteiger partial charge < -0.3 is 27.9 Å². The van der Waals surface area contributed by atoms with E-state index in [1.54, 1.807) is 18.2 Å². The quantitative estimate of drug-likeness (QED) is 0.548. The molecule has 0 aliphatic rings. The number of carbonyl (C=O) groups is 1. The number of hydrogen-bond acceptors (Lipinski definition) is 3. The van der Waals surface area contributed by atoms with Crippen molar-refractivity contribution in [3.05, 3.63) is 65.7 Å². The summed E-state index contributed by atoms with van der Waals surface area (Å²) in [5, 5.41) is 21.6. The maximum Gasteiger partial charge on any atom is 0.168 e. The highest BCUT2D eigenvalue weighted by molar-refractivity contribution is 5.96. The zero-order chi connectivity index (χ0) is 15.9. The number of phenols is 1. The number of quaternary nitrogens is 1. The molecule has 0 aromatic heterocycles. The summed E-state index contributed by atoms with van der Waals surface area (Å²) in [5.74, 6) is 0.0937. The van der Waals surface area contributed by atoms with Gasteiger partial charge in [0.2, 0.25) is 0 Å². The molecule has 5 heteroatoms. The third kappa shape index (κ3) is 5.67. The average Bonchev–Trinajstić information content (AvgIpc) is 2.54. The lowest BCUT2D eigenvalue weighted by molar-refractivity contribution is -0.693. The van der Waals surface area contributed by atoms with Crippen LogP contribution in [-0.2, 0) is 0 Å². The Hall–Kier alpha value is -1.88. The van der Waals surface area contributed by atoms with Gasteiger partial charge in [-0.2, -0.15) is 0 Å². The molecule has 2 rings (SSSR count). The first-order chi connectivity index (χ1) is 10.6. The van der Waals surface area contributed by atoms with Gasteiger partial charge in [0.25, 0.3) is 0 Å². The normalized spacial score (nSPS) is 13.0. The molecule has 0 aliphatic heterocycles. The third-order valence-corrected chi connectivity index (χ3v) is 3.72. The molecule has 2 aromatic rings. The lowest BCUT2D eigenvalue weighted by Gasteiger charge is -2.17. The van der Waals surface area contributed by atoms with Crippen LogP contribution in [0.2, 0.25) is 0 Å². The first-order valence-electron chi connectivity index (χ1n) is 7.46. The summed E-state index contributed by atoms with van der Waals surface area (Å²) in [6.07, 6.45) is -0.188. The van der Waals surface area contributed by atoms with E-state index in [1.807, 2.05) is 42.6 Å². The van der Waals surface area contributed by atoms with Gasteiger partial charge in [-0.1, -0.05) is 42.5 Å². The molecule has 0 amide bonds. The molecule has 0 fully saturated rings. The molecule has 124 valence electrons. The van der Waals surface area contributed by atoms with Crippen LogP contribution in [0.25, 0.3) is 0 Å². The lowest BCUT2D eigenvalue weighted by atomic mass is 10.0. The molecule has 0 heterocycles. The SMILES string of the molecule is CC([NH2+]CCC(=O)c1cccc(O)c1)C(O)c1ccccc1.[Cl-]. The fourth-order valence-corrected chi connectivity index (χ4v) is 2.38. The van der Waals surface area contributed by atoms with Crippen LogP contribution in [0, 0.1) is 0 Å². The van der Waals surface area contributed by atoms with Crippen LogP contribution < -0.4 is 17.7 Å². The highest BCUT2D eigenvalue weighted by Crippen LogP contribution is 2.14. The monoisotopic (exact) mass is 335 g/mol. The number of Topliss-reactive ketones (excluding diaryl/α,β-unsaturated/α-hetero) is 1. The second kappa shape index (κ2) is 9.30. The molecular weight excluding hydrogens is 314 g/mol. The number of ketones is 1. The maximum atomic E-state index is 12.0. The van der Waals surface area contributed by atoms with Crippen LogP contribution in [0.3, 0.4) is 0 Å². The van der Waals surface area contributed by atoms with E-state index in [4.69, 9.17) is 0 Å². The van der Waals surface area contributed by atoms with E-state index < -0.39 is 6.10 Å². The average molecular weight is 336 g/mol. The number of benzene rings is 2. The molecule has 2 unspecified atom stereocenters. The van der Waals surface area contributed by atoms with Gasteiger partial charge in [-0.15, -0.1) is 0 Å². The minimum Gasteiger partial charge on any atom is -1.00 e. The molecule has 4 N–H and O–H groups in total. The Kier molecular flexibility index (Phi) is 7.75. The number of rotatable bonds is 7. The summed E-state index contributed by atoms with van der Waals surface area (Å²) in [4.78, 5) is 12.0. The number of nitrogens with two attached hydrogens (primary N) is 1. The molecule has 0 saturated carbocycles. The zero-order valence-electron chi connectivity index (χ0n) is 13.0. The highest BCUT2D eigenvalue weighted by atomic mass is 35.5. The van der Waals surface area contributed by atoms with Gasteiger partial charge in [-0.25, -0.2) is 0 Å². The van der Waals surface area contributed by atoms with Gasteiger partial charge in [-0.3, -0.25) is 4.79 Å². The van der Waals surface area contributed by atoms with E-state index in [9.17, 15) is 15.0 Å². The first kappa shape index (κ1) is 19.2. The molecule has 0 radical (unpaired) electrons. The van der Waals surface area contributed by atoms with Crippen LogP contribution in [0.15, 0.2) is 54.6 Å². The summed E-state index contributed by atoms with van der Waals surface area (Å²) in [6.45, 7) is 2.54. The molecule has 0 aliphatic carbocycles. The Morgan fingerprint density at radius 3 is 2.48 bits per heavy atom. The van der Waals surface area contributed by atoms with Crippen molar-refractivity contribution in [2.24, 2.45) is 0 Å². The number of aliphatic hydroxyl groups excluding tert-OH is 1. The van der Waals surface area contributed by atoms with E-state index in [1.165, 1.54) is 6.07 Å². The third-order valence-electron chi connectivity index (χ3n) is 3.72. The van der Waals surface area contributed by atoms with Gasteiger partial charge in [0.1, 0.15) is 17.9 Å². The fraction of sp³-hybridized carbons (Fsp3) is 0.278. The van der Waals surface area contributed by atoms with Gasteiger partial charge in [-0.05, 0) is 24.6 Å². The van der Waals surface area contributed by atoms with E-state index >= 15 is 0 Å². The molecule has 0 saturated heterocycles. The van der Waals surface area contributed by atoms with Crippen molar-refractivity contribution in [2.75, 3.05) is 6.54 Å².